The molecule has 4 nitrogen and oxygen atoms in total. The minimum Gasteiger partial charge on any atom is -0.394 e. The van der Waals surface area contributed by atoms with E-state index >= 15 is 0 Å². The Labute approximate surface area is 112 Å². The van der Waals surface area contributed by atoms with Crippen LogP contribution in [0.1, 0.15) is 18.2 Å². The lowest BCUT2D eigenvalue weighted by Gasteiger charge is -2.09. The fourth-order valence-electron chi connectivity index (χ4n) is 1.89. The van der Waals surface area contributed by atoms with Crippen LogP contribution in [0.5, 0.6) is 0 Å². The Balaban J connectivity index is 2.16. The quantitative estimate of drug-likeness (QED) is 0.893. The van der Waals surface area contributed by atoms with Crippen LogP contribution in [0.4, 0.5) is 11.5 Å². The number of halogens is 1. The molecule has 0 aliphatic heterocycles. The van der Waals surface area contributed by atoms with Crippen molar-refractivity contribution in [2.45, 2.75) is 19.9 Å². The van der Waals surface area contributed by atoms with Gasteiger partial charge in [-0.25, -0.2) is 0 Å². The van der Waals surface area contributed by atoms with Crippen molar-refractivity contribution in [3.8, 4) is 0 Å². The Kier molecular flexibility index (Phi) is 3.77. The first-order valence-electron chi connectivity index (χ1n) is 5.92. The van der Waals surface area contributed by atoms with Gasteiger partial charge in [-0.15, -0.1) is 0 Å². The number of nitrogens with two attached hydrogens (primary N) is 1. The molecule has 0 aliphatic carbocycles. The van der Waals surface area contributed by atoms with Gasteiger partial charge in [-0.3, -0.25) is 4.68 Å². The third kappa shape index (κ3) is 2.43. The zero-order valence-electron chi connectivity index (χ0n) is 10.6. The molecule has 0 saturated carbocycles. The maximum atomic E-state index is 6.11. The van der Waals surface area contributed by atoms with Crippen LogP contribution in [0.3, 0.4) is 0 Å². The van der Waals surface area contributed by atoms with E-state index in [0.29, 0.717) is 12.2 Å². The van der Waals surface area contributed by atoms with Crippen LogP contribution >= 0.6 is 11.6 Å². The average Bonchev–Trinajstić information content (AvgIpc) is 2.64. The standard InChI is InChI=1S/C13H17ClN4/c1-3-11-12(15)13(18(2)17-11)16-8-9-6-4-5-7-10(9)14/h4-7,16H,3,8,15H2,1-2H3. The predicted molar refractivity (Wildman–Crippen MR) is 75.8 cm³/mol. The number of nitrogens with zero attached hydrogens (tertiary/aromatic N) is 2. The van der Waals surface area contributed by atoms with Gasteiger partial charge < -0.3 is 11.1 Å². The molecule has 0 fully saturated rings. The summed E-state index contributed by atoms with van der Waals surface area (Å²) in [6.45, 7) is 2.67. The molecular formula is C13H17ClN4. The Morgan fingerprint density at radius 1 is 1.39 bits per heavy atom. The van der Waals surface area contributed by atoms with Crippen LogP contribution in [-0.2, 0) is 20.0 Å². The molecule has 1 aromatic carbocycles. The van der Waals surface area contributed by atoms with E-state index in [-0.39, 0.29) is 0 Å². The smallest absolute Gasteiger partial charge is 0.148 e. The third-order valence-electron chi connectivity index (χ3n) is 2.90. The first-order chi connectivity index (χ1) is 8.63. The van der Waals surface area contributed by atoms with Gasteiger partial charge in [0.05, 0.1) is 11.4 Å². The van der Waals surface area contributed by atoms with Gasteiger partial charge >= 0.3 is 0 Å². The van der Waals surface area contributed by atoms with E-state index in [1.165, 1.54) is 0 Å². The van der Waals surface area contributed by atoms with Crippen LogP contribution < -0.4 is 11.1 Å². The number of aromatic nitrogens is 2. The monoisotopic (exact) mass is 264 g/mol. The SMILES string of the molecule is CCc1nn(C)c(NCc2ccccc2Cl)c1N. The van der Waals surface area contributed by atoms with Crippen molar-refractivity contribution in [3.63, 3.8) is 0 Å². The van der Waals surface area contributed by atoms with Crippen molar-refractivity contribution in [1.29, 1.82) is 0 Å². The Bertz CT molecular complexity index is 548. The largest absolute Gasteiger partial charge is 0.394 e. The summed E-state index contributed by atoms with van der Waals surface area (Å²) in [5.41, 5.74) is 8.71. The number of anilines is 2. The number of aryl methyl sites for hydroxylation is 2. The topological polar surface area (TPSA) is 55.9 Å². The van der Waals surface area contributed by atoms with Crippen molar-refractivity contribution < 1.29 is 0 Å². The molecule has 18 heavy (non-hydrogen) atoms. The summed E-state index contributed by atoms with van der Waals surface area (Å²) in [7, 11) is 1.88. The van der Waals surface area contributed by atoms with Gasteiger partial charge in [0.1, 0.15) is 5.82 Å². The molecule has 3 N–H and O–H groups in total. The van der Waals surface area contributed by atoms with Crippen molar-refractivity contribution >= 4 is 23.1 Å². The van der Waals surface area contributed by atoms with Crippen LogP contribution in [0.25, 0.3) is 0 Å². The number of hydrogen-bond acceptors (Lipinski definition) is 3. The molecule has 1 aromatic heterocycles. The zero-order chi connectivity index (χ0) is 13.1. The highest BCUT2D eigenvalue weighted by Crippen LogP contribution is 2.24. The summed E-state index contributed by atoms with van der Waals surface area (Å²) in [6.07, 6.45) is 0.827. The first kappa shape index (κ1) is 12.8. The summed E-state index contributed by atoms with van der Waals surface area (Å²) in [5, 5.41) is 8.39. The molecular weight excluding hydrogens is 248 g/mol. The molecule has 5 heteroatoms. The van der Waals surface area contributed by atoms with Crippen LogP contribution in [0.2, 0.25) is 5.02 Å². The lowest BCUT2D eigenvalue weighted by atomic mass is 10.2. The maximum absolute atomic E-state index is 6.11. The van der Waals surface area contributed by atoms with Crippen molar-refractivity contribution in [1.82, 2.24) is 9.78 Å². The molecule has 0 spiro atoms. The fraction of sp³-hybridized carbons (Fsp3) is 0.308. The second kappa shape index (κ2) is 5.31. The van der Waals surface area contributed by atoms with Crippen LogP contribution in [0.15, 0.2) is 24.3 Å². The van der Waals surface area contributed by atoms with Gasteiger partial charge in [0, 0.05) is 18.6 Å². The summed E-state index contributed by atoms with van der Waals surface area (Å²) >= 11 is 6.11. The van der Waals surface area contributed by atoms with Gasteiger partial charge in [0.2, 0.25) is 0 Å². The Morgan fingerprint density at radius 2 is 2.11 bits per heavy atom. The highest BCUT2D eigenvalue weighted by atomic mass is 35.5. The van der Waals surface area contributed by atoms with Gasteiger partial charge in [0.15, 0.2) is 0 Å². The molecule has 0 bridgehead atoms. The van der Waals surface area contributed by atoms with E-state index in [1.807, 2.05) is 38.2 Å². The third-order valence-corrected chi connectivity index (χ3v) is 3.27. The van der Waals surface area contributed by atoms with Gasteiger partial charge in [-0.1, -0.05) is 36.7 Å². The van der Waals surface area contributed by atoms with E-state index < -0.39 is 0 Å². The van der Waals surface area contributed by atoms with E-state index in [2.05, 4.69) is 10.4 Å². The highest BCUT2D eigenvalue weighted by Gasteiger charge is 2.11. The molecule has 2 aromatic rings. The van der Waals surface area contributed by atoms with Crippen molar-refractivity contribution in [2.75, 3.05) is 11.1 Å². The molecule has 0 amide bonds. The number of benzene rings is 1. The molecule has 2 rings (SSSR count). The summed E-state index contributed by atoms with van der Waals surface area (Å²) in [5.74, 6) is 0.840. The number of nitrogens with one attached hydrogen (secondary N) is 1. The number of nitrogen functional groups attached to an aromatic ring is 1. The van der Waals surface area contributed by atoms with E-state index in [4.69, 9.17) is 17.3 Å². The Hall–Kier alpha value is -1.68. The van der Waals surface area contributed by atoms with E-state index in [0.717, 1.165) is 28.5 Å². The predicted octanol–water partition coefficient (Wildman–Crippen LogP) is 2.83. The zero-order valence-corrected chi connectivity index (χ0v) is 11.3. The molecule has 0 atom stereocenters. The van der Waals surface area contributed by atoms with Crippen molar-refractivity contribution in [3.05, 3.63) is 40.5 Å². The second-order valence-corrected chi connectivity index (χ2v) is 4.54. The van der Waals surface area contributed by atoms with E-state index in [1.54, 1.807) is 4.68 Å². The molecule has 0 unspecified atom stereocenters. The van der Waals surface area contributed by atoms with Gasteiger partial charge in [-0.2, -0.15) is 5.10 Å². The summed E-state index contributed by atoms with van der Waals surface area (Å²) in [6, 6.07) is 7.75. The lowest BCUT2D eigenvalue weighted by molar-refractivity contribution is 0.747. The lowest BCUT2D eigenvalue weighted by Crippen LogP contribution is -2.06. The molecule has 1 heterocycles. The molecule has 0 radical (unpaired) electrons. The summed E-state index contributed by atoms with van der Waals surface area (Å²) in [4.78, 5) is 0. The molecule has 96 valence electrons. The van der Waals surface area contributed by atoms with Gasteiger partial charge in [0.25, 0.3) is 0 Å². The minimum absolute atomic E-state index is 0.632. The number of rotatable bonds is 4. The van der Waals surface area contributed by atoms with Crippen LogP contribution in [0, 0.1) is 0 Å². The fourth-order valence-corrected chi connectivity index (χ4v) is 2.09. The first-order valence-corrected chi connectivity index (χ1v) is 6.30. The normalized spacial score (nSPS) is 10.6. The summed E-state index contributed by atoms with van der Waals surface area (Å²) < 4.78 is 1.77. The maximum Gasteiger partial charge on any atom is 0.148 e. The number of hydrogen-bond donors (Lipinski definition) is 2. The second-order valence-electron chi connectivity index (χ2n) is 4.13. The Morgan fingerprint density at radius 3 is 2.72 bits per heavy atom. The van der Waals surface area contributed by atoms with Crippen molar-refractivity contribution in [2.24, 2.45) is 7.05 Å². The highest BCUT2D eigenvalue weighted by molar-refractivity contribution is 6.31. The van der Waals surface area contributed by atoms with E-state index in [9.17, 15) is 0 Å². The molecule has 0 aliphatic rings. The minimum atomic E-state index is 0.632. The molecule has 0 saturated heterocycles. The van der Waals surface area contributed by atoms with Gasteiger partial charge in [-0.05, 0) is 18.1 Å². The average molecular weight is 265 g/mol. The van der Waals surface area contributed by atoms with Crippen LogP contribution in [-0.4, -0.2) is 9.78 Å².